The lowest BCUT2D eigenvalue weighted by Crippen LogP contribution is -2.32. The molecule has 0 radical (unpaired) electrons. The molecule has 160 valence electrons. The van der Waals surface area contributed by atoms with Crippen LogP contribution >= 0.6 is 0 Å². The SMILES string of the molecule is CCCOc1ccc(N2CCC(c3ccc(C(C)NC(=O)C4CC4)cc3)CC2)cc1. The molecule has 1 saturated heterocycles. The molecule has 1 heterocycles. The molecule has 1 amide bonds. The lowest BCUT2D eigenvalue weighted by Gasteiger charge is -2.34. The lowest BCUT2D eigenvalue weighted by molar-refractivity contribution is -0.122. The van der Waals surface area contributed by atoms with Crippen LogP contribution in [0.1, 0.15) is 69.0 Å². The Morgan fingerprint density at radius 1 is 1.03 bits per heavy atom. The zero-order valence-corrected chi connectivity index (χ0v) is 18.3. The first-order valence-electron chi connectivity index (χ1n) is 11.5. The number of piperidine rings is 1. The van der Waals surface area contributed by atoms with Gasteiger partial charge in [-0.15, -0.1) is 0 Å². The first kappa shape index (κ1) is 20.8. The number of amides is 1. The molecule has 1 unspecified atom stereocenters. The maximum absolute atomic E-state index is 12.0. The van der Waals surface area contributed by atoms with Gasteiger partial charge in [-0.05, 0) is 80.3 Å². The van der Waals surface area contributed by atoms with Crippen LogP contribution in [0, 0.1) is 5.92 Å². The molecule has 1 saturated carbocycles. The van der Waals surface area contributed by atoms with Gasteiger partial charge in [0.05, 0.1) is 12.6 Å². The monoisotopic (exact) mass is 406 g/mol. The van der Waals surface area contributed by atoms with Crippen molar-refractivity contribution in [2.75, 3.05) is 24.6 Å². The lowest BCUT2D eigenvalue weighted by atomic mass is 9.88. The molecule has 1 atom stereocenters. The van der Waals surface area contributed by atoms with Gasteiger partial charge >= 0.3 is 0 Å². The Balaban J connectivity index is 1.28. The molecule has 0 bridgehead atoms. The minimum absolute atomic E-state index is 0.0817. The van der Waals surface area contributed by atoms with Gasteiger partial charge in [-0.2, -0.15) is 0 Å². The normalized spacial score (nSPS) is 18.1. The summed E-state index contributed by atoms with van der Waals surface area (Å²) in [6.07, 6.45) is 5.47. The summed E-state index contributed by atoms with van der Waals surface area (Å²) in [6.45, 7) is 7.13. The summed E-state index contributed by atoms with van der Waals surface area (Å²) in [4.78, 5) is 14.5. The third-order valence-electron chi connectivity index (χ3n) is 6.38. The Bertz CT molecular complexity index is 819. The molecule has 30 heavy (non-hydrogen) atoms. The quantitative estimate of drug-likeness (QED) is 0.634. The van der Waals surface area contributed by atoms with Crippen molar-refractivity contribution in [1.82, 2.24) is 5.32 Å². The minimum atomic E-state index is 0.0817. The van der Waals surface area contributed by atoms with E-state index in [1.54, 1.807) is 0 Å². The number of hydrogen-bond donors (Lipinski definition) is 1. The summed E-state index contributed by atoms with van der Waals surface area (Å²) < 4.78 is 5.69. The van der Waals surface area contributed by atoms with E-state index >= 15 is 0 Å². The topological polar surface area (TPSA) is 41.6 Å². The maximum atomic E-state index is 12.0. The number of anilines is 1. The Labute approximate surface area is 180 Å². The molecule has 4 heteroatoms. The van der Waals surface area contributed by atoms with Gasteiger partial charge in [0.2, 0.25) is 5.91 Å². The Morgan fingerprint density at radius 3 is 2.30 bits per heavy atom. The fourth-order valence-electron chi connectivity index (χ4n) is 4.26. The minimum Gasteiger partial charge on any atom is -0.494 e. The van der Waals surface area contributed by atoms with Crippen LogP contribution < -0.4 is 15.0 Å². The fraction of sp³-hybridized carbons (Fsp3) is 0.500. The number of nitrogens with one attached hydrogen (secondary N) is 1. The average Bonchev–Trinajstić information content (AvgIpc) is 3.64. The molecule has 2 aromatic carbocycles. The first-order chi connectivity index (χ1) is 14.6. The van der Waals surface area contributed by atoms with E-state index in [0.717, 1.165) is 44.7 Å². The van der Waals surface area contributed by atoms with E-state index in [9.17, 15) is 4.79 Å². The van der Waals surface area contributed by atoms with Gasteiger partial charge in [0.25, 0.3) is 0 Å². The molecule has 1 N–H and O–H groups in total. The average molecular weight is 407 g/mol. The molecule has 4 rings (SSSR count). The van der Waals surface area contributed by atoms with Crippen molar-refractivity contribution in [3.8, 4) is 5.75 Å². The largest absolute Gasteiger partial charge is 0.494 e. The Kier molecular flexibility index (Phi) is 6.61. The molecule has 0 aromatic heterocycles. The number of carbonyl (C=O) groups excluding carboxylic acids is 1. The molecular formula is C26H34N2O2. The Hall–Kier alpha value is -2.49. The molecular weight excluding hydrogens is 372 g/mol. The van der Waals surface area contributed by atoms with Crippen LogP contribution in [0.25, 0.3) is 0 Å². The van der Waals surface area contributed by atoms with E-state index in [1.165, 1.54) is 29.7 Å². The molecule has 2 fully saturated rings. The van der Waals surface area contributed by atoms with Crippen LogP contribution in [0.5, 0.6) is 5.75 Å². The highest BCUT2D eigenvalue weighted by Crippen LogP contribution is 2.32. The van der Waals surface area contributed by atoms with Gasteiger partial charge in [-0.1, -0.05) is 31.2 Å². The summed E-state index contributed by atoms with van der Waals surface area (Å²) in [5, 5.41) is 3.14. The van der Waals surface area contributed by atoms with E-state index in [0.29, 0.717) is 5.92 Å². The zero-order chi connectivity index (χ0) is 20.9. The van der Waals surface area contributed by atoms with Crippen molar-refractivity contribution in [2.45, 2.75) is 57.9 Å². The van der Waals surface area contributed by atoms with Crippen molar-refractivity contribution in [3.05, 3.63) is 59.7 Å². The van der Waals surface area contributed by atoms with Crippen LogP contribution in [-0.2, 0) is 4.79 Å². The highest BCUT2D eigenvalue weighted by Gasteiger charge is 2.30. The van der Waals surface area contributed by atoms with Gasteiger partial charge in [0.1, 0.15) is 5.75 Å². The number of ether oxygens (including phenoxy) is 1. The van der Waals surface area contributed by atoms with Crippen molar-refractivity contribution >= 4 is 11.6 Å². The van der Waals surface area contributed by atoms with Crippen molar-refractivity contribution in [2.24, 2.45) is 5.92 Å². The predicted molar refractivity (Wildman–Crippen MR) is 122 cm³/mol. The number of carbonyl (C=O) groups is 1. The zero-order valence-electron chi connectivity index (χ0n) is 18.3. The molecule has 0 spiro atoms. The number of benzene rings is 2. The number of hydrogen-bond acceptors (Lipinski definition) is 3. The first-order valence-corrected chi connectivity index (χ1v) is 11.5. The van der Waals surface area contributed by atoms with Crippen molar-refractivity contribution in [1.29, 1.82) is 0 Å². The van der Waals surface area contributed by atoms with Crippen molar-refractivity contribution < 1.29 is 9.53 Å². The molecule has 2 aliphatic rings. The van der Waals surface area contributed by atoms with E-state index in [-0.39, 0.29) is 17.9 Å². The van der Waals surface area contributed by atoms with Crippen LogP contribution in [-0.4, -0.2) is 25.6 Å². The van der Waals surface area contributed by atoms with E-state index in [1.807, 2.05) is 0 Å². The van der Waals surface area contributed by atoms with E-state index in [4.69, 9.17) is 4.74 Å². The number of rotatable bonds is 8. The Morgan fingerprint density at radius 2 is 1.70 bits per heavy atom. The number of nitrogens with zero attached hydrogens (tertiary/aromatic N) is 1. The van der Waals surface area contributed by atoms with Crippen molar-refractivity contribution in [3.63, 3.8) is 0 Å². The van der Waals surface area contributed by atoms with Gasteiger partial charge < -0.3 is 15.0 Å². The van der Waals surface area contributed by atoms with Crippen LogP contribution in [0.3, 0.4) is 0 Å². The fourth-order valence-corrected chi connectivity index (χ4v) is 4.26. The van der Waals surface area contributed by atoms with Crippen LogP contribution in [0.4, 0.5) is 5.69 Å². The third-order valence-corrected chi connectivity index (χ3v) is 6.38. The molecule has 1 aliphatic carbocycles. The van der Waals surface area contributed by atoms with Gasteiger partial charge in [-0.25, -0.2) is 0 Å². The summed E-state index contributed by atoms with van der Waals surface area (Å²) in [5.74, 6) is 2.04. The highest BCUT2D eigenvalue weighted by molar-refractivity contribution is 5.81. The van der Waals surface area contributed by atoms with Gasteiger partial charge in [-0.3, -0.25) is 4.79 Å². The van der Waals surface area contributed by atoms with Crippen LogP contribution in [0.2, 0.25) is 0 Å². The molecule has 4 nitrogen and oxygen atoms in total. The smallest absolute Gasteiger partial charge is 0.223 e. The second-order valence-electron chi connectivity index (χ2n) is 8.77. The van der Waals surface area contributed by atoms with Crippen LogP contribution in [0.15, 0.2) is 48.5 Å². The van der Waals surface area contributed by atoms with E-state index in [2.05, 4.69) is 72.6 Å². The predicted octanol–water partition coefficient (Wildman–Crippen LogP) is 5.45. The maximum Gasteiger partial charge on any atom is 0.223 e. The summed E-state index contributed by atoms with van der Waals surface area (Å²) in [6, 6.07) is 17.5. The van der Waals surface area contributed by atoms with Gasteiger partial charge in [0, 0.05) is 24.7 Å². The third kappa shape index (κ3) is 5.16. The second-order valence-corrected chi connectivity index (χ2v) is 8.77. The standard InChI is InChI=1S/C26H34N2O2/c1-3-18-30-25-12-10-24(11-13-25)28-16-14-22(15-17-28)21-6-4-20(5-7-21)19(2)27-26(29)23-8-9-23/h4-7,10-13,19,22-23H,3,8-9,14-18H2,1-2H3,(H,27,29). The summed E-state index contributed by atoms with van der Waals surface area (Å²) >= 11 is 0. The van der Waals surface area contributed by atoms with Gasteiger partial charge in [0.15, 0.2) is 0 Å². The second kappa shape index (κ2) is 9.55. The summed E-state index contributed by atoms with van der Waals surface area (Å²) in [7, 11) is 0. The van der Waals surface area contributed by atoms with E-state index < -0.39 is 0 Å². The highest BCUT2D eigenvalue weighted by atomic mass is 16.5. The molecule has 2 aromatic rings. The summed E-state index contributed by atoms with van der Waals surface area (Å²) in [5.41, 5.74) is 3.89. The molecule has 1 aliphatic heterocycles.